The highest BCUT2D eigenvalue weighted by molar-refractivity contribution is 6.32. The van der Waals surface area contributed by atoms with Gasteiger partial charge in [0.2, 0.25) is 0 Å². The number of aromatic nitrogens is 3. The van der Waals surface area contributed by atoms with E-state index in [0.29, 0.717) is 16.3 Å². The summed E-state index contributed by atoms with van der Waals surface area (Å²) in [7, 11) is 1.70. The Balaban J connectivity index is 1.29. The molecule has 5 heterocycles. The quantitative estimate of drug-likeness (QED) is 0.379. The molecule has 3 aliphatic rings. The standard InChI is InChI=1S/C30H31ClN6O2/c1-18-12-22(20-4-5-25(24(31)14-20)36-11-10-34(3)29(36)39)27(38)23(13-18)21-15-26-28(32-16-21)33-19(2)37-9-7-30(37)6-8-35(26)17-30/h4-5,10-16,19,38H,6-9,17H2,1-3H3,(H,32,33). The van der Waals surface area contributed by atoms with Gasteiger partial charge in [0.15, 0.2) is 5.82 Å². The molecule has 0 amide bonds. The van der Waals surface area contributed by atoms with Crippen LogP contribution < -0.4 is 15.9 Å². The van der Waals surface area contributed by atoms with E-state index in [2.05, 4.69) is 28.1 Å². The number of nitrogens with zero attached hydrogens (tertiary/aromatic N) is 5. The maximum Gasteiger partial charge on any atom is 0.332 e. The monoisotopic (exact) mass is 542 g/mol. The number of rotatable bonds is 3. The molecule has 2 bridgehead atoms. The number of anilines is 2. The second-order valence-electron chi connectivity index (χ2n) is 11.2. The van der Waals surface area contributed by atoms with Gasteiger partial charge in [-0.1, -0.05) is 17.7 Å². The SMILES string of the molecule is Cc1cc(-c2ccc(-n3ccn(C)c3=O)c(Cl)c2)c(O)c(-c2cnc3c(c2)N2CCC4(CCN4C(C)N3)C2)c1. The third kappa shape index (κ3) is 3.69. The van der Waals surface area contributed by atoms with Gasteiger partial charge >= 0.3 is 5.69 Å². The molecule has 2 atom stereocenters. The van der Waals surface area contributed by atoms with Crippen LogP contribution in [0.5, 0.6) is 5.75 Å². The van der Waals surface area contributed by atoms with Crippen LogP contribution in [0.1, 0.15) is 25.3 Å². The lowest BCUT2D eigenvalue weighted by Crippen LogP contribution is -2.66. The summed E-state index contributed by atoms with van der Waals surface area (Å²) < 4.78 is 3.01. The predicted octanol–water partition coefficient (Wildman–Crippen LogP) is 5.00. The zero-order valence-electron chi connectivity index (χ0n) is 22.3. The number of phenols is 1. The smallest absolute Gasteiger partial charge is 0.332 e. The fourth-order valence-electron chi connectivity index (χ4n) is 6.63. The molecule has 2 saturated heterocycles. The van der Waals surface area contributed by atoms with Crippen molar-refractivity contribution in [3.8, 4) is 33.7 Å². The molecule has 0 aliphatic carbocycles. The molecule has 200 valence electrons. The highest BCUT2D eigenvalue weighted by Crippen LogP contribution is 2.47. The Morgan fingerprint density at radius 2 is 1.82 bits per heavy atom. The first-order valence-electron chi connectivity index (χ1n) is 13.4. The first kappa shape index (κ1) is 24.3. The van der Waals surface area contributed by atoms with E-state index < -0.39 is 0 Å². The van der Waals surface area contributed by atoms with E-state index in [1.807, 2.05) is 37.4 Å². The minimum absolute atomic E-state index is 0.172. The van der Waals surface area contributed by atoms with Gasteiger partial charge < -0.3 is 19.9 Å². The minimum Gasteiger partial charge on any atom is -0.507 e. The number of fused-ring (bicyclic) bond motifs is 3. The number of nitrogens with one attached hydrogen (secondary N) is 1. The van der Waals surface area contributed by atoms with Crippen LogP contribution in [0.2, 0.25) is 5.02 Å². The summed E-state index contributed by atoms with van der Waals surface area (Å²) in [6.07, 6.45) is 7.86. The lowest BCUT2D eigenvalue weighted by molar-refractivity contribution is -0.0216. The summed E-state index contributed by atoms with van der Waals surface area (Å²) in [5.74, 6) is 1.07. The summed E-state index contributed by atoms with van der Waals surface area (Å²) in [5, 5.41) is 15.6. The van der Waals surface area contributed by atoms with Crippen molar-refractivity contribution in [2.45, 2.75) is 38.4 Å². The maximum atomic E-state index is 12.4. The largest absolute Gasteiger partial charge is 0.507 e. The third-order valence-corrected chi connectivity index (χ3v) is 9.11. The van der Waals surface area contributed by atoms with Crippen LogP contribution in [-0.2, 0) is 7.05 Å². The minimum atomic E-state index is -0.172. The molecule has 7 rings (SSSR count). The van der Waals surface area contributed by atoms with Crippen LogP contribution >= 0.6 is 11.6 Å². The van der Waals surface area contributed by atoms with Gasteiger partial charge in [0, 0.05) is 67.5 Å². The van der Waals surface area contributed by atoms with Crippen LogP contribution in [-0.4, -0.2) is 55.5 Å². The van der Waals surface area contributed by atoms with Crippen molar-refractivity contribution in [3.63, 3.8) is 0 Å². The highest BCUT2D eigenvalue weighted by Gasteiger charge is 2.52. The Hall–Kier alpha value is -3.75. The molecule has 0 radical (unpaired) electrons. The van der Waals surface area contributed by atoms with Crippen molar-refractivity contribution in [2.24, 2.45) is 7.05 Å². The lowest BCUT2D eigenvalue weighted by atomic mass is 9.83. The number of aromatic hydroxyl groups is 1. The number of pyridine rings is 1. The van der Waals surface area contributed by atoms with Gasteiger partial charge in [-0.3, -0.25) is 9.47 Å². The molecule has 3 aliphatic heterocycles. The summed E-state index contributed by atoms with van der Waals surface area (Å²) in [6, 6.07) is 11.6. The maximum absolute atomic E-state index is 12.4. The first-order chi connectivity index (χ1) is 18.7. The van der Waals surface area contributed by atoms with Crippen molar-refractivity contribution in [1.29, 1.82) is 0 Å². The van der Waals surface area contributed by atoms with Gasteiger partial charge in [-0.15, -0.1) is 0 Å². The number of benzene rings is 2. The van der Waals surface area contributed by atoms with E-state index in [-0.39, 0.29) is 23.1 Å². The summed E-state index contributed by atoms with van der Waals surface area (Å²) >= 11 is 6.65. The molecule has 2 unspecified atom stereocenters. The lowest BCUT2D eigenvalue weighted by Gasteiger charge is -2.54. The Bertz CT molecular complexity index is 1690. The molecule has 8 nitrogen and oxygen atoms in total. The van der Waals surface area contributed by atoms with Crippen molar-refractivity contribution < 1.29 is 5.11 Å². The van der Waals surface area contributed by atoms with Crippen molar-refractivity contribution in [3.05, 3.63) is 76.1 Å². The molecular formula is C30H31ClN6O2. The van der Waals surface area contributed by atoms with E-state index in [4.69, 9.17) is 16.6 Å². The second kappa shape index (κ2) is 8.63. The number of hydrogen-bond donors (Lipinski definition) is 2. The van der Waals surface area contributed by atoms with Gasteiger partial charge in [-0.2, -0.15) is 0 Å². The zero-order valence-corrected chi connectivity index (χ0v) is 23.0. The van der Waals surface area contributed by atoms with E-state index >= 15 is 0 Å². The number of halogens is 1. The number of hydrogen-bond acceptors (Lipinski definition) is 6. The van der Waals surface area contributed by atoms with Crippen LogP contribution in [0.25, 0.3) is 27.9 Å². The van der Waals surface area contributed by atoms with Crippen LogP contribution in [0.15, 0.2) is 59.8 Å². The van der Waals surface area contributed by atoms with Crippen LogP contribution in [0.3, 0.4) is 0 Å². The second-order valence-corrected chi connectivity index (χ2v) is 11.6. The first-order valence-corrected chi connectivity index (χ1v) is 13.8. The van der Waals surface area contributed by atoms with E-state index in [0.717, 1.165) is 59.8 Å². The number of aryl methyl sites for hydroxylation is 2. The summed E-state index contributed by atoms with van der Waals surface area (Å²) in [4.78, 5) is 22.3. The van der Waals surface area contributed by atoms with Crippen LogP contribution in [0.4, 0.5) is 11.5 Å². The zero-order chi connectivity index (χ0) is 27.1. The Labute approximate surface area is 232 Å². The third-order valence-electron chi connectivity index (χ3n) is 8.81. The average molecular weight is 543 g/mol. The molecule has 39 heavy (non-hydrogen) atoms. The fraction of sp³-hybridized carbons (Fsp3) is 0.333. The molecule has 4 aromatic rings. The van der Waals surface area contributed by atoms with E-state index in [1.54, 1.807) is 25.5 Å². The molecule has 2 fully saturated rings. The Morgan fingerprint density at radius 1 is 1.05 bits per heavy atom. The van der Waals surface area contributed by atoms with Crippen molar-refractivity contribution in [1.82, 2.24) is 19.0 Å². The molecule has 9 heteroatoms. The normalized spacial score (nSPS) is 21.9. The predicted molar refractivity (Wildman–Crippen MR) is 155 cm³/mol. The molecule has 2 aromatic heterocycles. The van der Waals surface area contributed by atoms with E-state index in [9.17, 15) is 9.90 Å². The van der Waals surface area contributed by atoms with Gasteiger partial charge in [-0.25, -0.2) is 9.78 Å². The van der Waals surface area contributed by atoms with Gasteiger partial charge in [0.1, 0.15) is 5.75 Å². The molecule has 2 N–H and O–H groups in total. The number of phenolic OH excluding ortho intramolecular Hbond substituents is 1. The molecule has 1 spiro atoms. The van der Waals surface area contributed by atoms with Gasteiger partial charge in [0.05, 0.1) is 22.6 Å². The van der Waals surface area contributed by atoms with Crippen molar-refractivity contribution in [2.75, 3.05) is 29.9 Å². The number of imidazole rings is 1. The molecular weight excluding hydrogens is 512 g/mol. The summed E-state index contributed by atoms with van der Waals surface area (Å²) in [6.45, 7) is 7.38. The average Bonchev–Trinajstić information content (AvgIpc) is 3.50. The van der Waals surface area contributed by atoms with Gasteiger partial charge in [0.25, 0.3) is 0 Å². The Kier molecular flexibility index (Phi) is 5.38. The molecule has 2 aromatic carbocycles. The fourth-order valence-corrected chi connectivity index (χ4v) is 6.90. The summed E-state index contributed by atoms with van der Waals surface area (Å²) in [5.41, 5.74) is 5.85. The topological polar surface area (TPSA) is 78.6 Å². The van der Waals surface area contributed by atoms with Crippen LogP contribution in [0, 0.1) is 6.92 Å². The highest BCUT2D eigenvalue weighted by atomic mass is 35.5. The van der Waals surface area contributed by atoms with E-state index in [1.165, 1.54) is 15.6 Å². The van der Waals surface area contributed by atoms with Gasteiger partial charge in [-0.05, 0) is 68.1 Å². The molecule has 0 saturated carbocycles. The van der Waals surface area contributed by atoms with Crippen molar-refractivity contribution >= 4 is 23.1 Å². The Morgan fingerprint density at radius 3 is 2.51 bits per heavy atom.